The number of halogens is 2. The molecule has 0 aliphatic rings. The van der Waals surface area contributed by atoms with Gasteiger partial charge in [0.05, 0.1) is 10.7 Å². The van der Waals surface area contributed by atoms with Crippen molar-refractivity contribution in [2.75, 3.05) is 10.6 Å². The van der Waals surface area contributed by atoms with Gasteiger partial charge in [0.25, 0.3) is 0 Å². The lowest BCUT2D eigenvalue weighted by Gasteiger charge is -2.12. The molecule has 104 valence electrons. The maximum atomic E-state index is 12.0. The van der Waals surface area contributed by atoms with Crippen molar-refractivity contribution < 1.29 is 4.79 Å². The summed E-state index contributed by atoms with van der Waals surface area (Å²) >= 11 is 12.1. The molecule has 0 spiro atoms. The van der Waals surface area contributed by atoms with Gasteiger partial charge in [0.1, 0.15) is 0 Å². The van der Waals surface area contributed by atoms with Crippen LogP contribution in [0, 0.1) is 13.8 Å². The van der Waals surface area contributed by atoms with Gasteiger partial charge in [0.2, 0.25) is 0 Å². The molecule has 0 aliphatic carbocycles. The Kier molecular flexibility index (Phi) is 4.53. The Morgan fingerprint density at radius 1 is 0.950 bits per heavy atom. The Balaban J connectivity index is 2.13. The Morgan fingerprint density at radius 2 is 1.55 bits per heavy atom. The highest BCUT2D eigenvalue weighted by Gasteiger charge is 2.09. The molecule has 0 heterocycles. The standard InChI is InChI=1S/C15H14Cl2N2O/c1-9-5-3-8-13(14(9)17)19-15(20)18-12-7-4-6-11(16)10(12)2/h3-8H,1-2H3,(H2,18,19,20). The van der Waals surface area contributed by atoms with E-state index < -0.39 is 0 Å². The van der Waals surface area contributed by atoms with E-state index in [-0.39, 0.29) is 6.03 Å². The van der Waals surface area contributed by atoms with Crippen molar-refractivity contribution >= 4 is 40.6 Å². The van der Waals surface area contributed by atoms with Crippen LogP contribution >= 0.6 is 23.2 Å². The molecule has 0 aromatic heterocycles. The van der Waals surface area contributed by atoms with Crippen LogP contribution in [0.5, 0.6) is 0 Å². The maximum absolute atomic E-state index is 12.0. The van der Waals surface area contributed by atoms with Crippen molar-refractivity contribution in [3.05, 3.63) is 57.6 Å². The number of nitrogens with one attached hydrogen (secondary N) is 2. The van der Waals surface area contributed by atoms with E-state index in [1.165, 1.54) is 0 Å². The zero-order valence-corrected chi connectivity index (χ0v) is 12.6. The molecule has 0 bridgehead atoms. The van der Waals surface area contributed by atoms with Gasteiger partial charge in [0, 0.05) is 10.7 Å². The number of urea groups is 1. The molecular formula is C15H14Cl2N2O. The van der Waals surface area contributed by atoms with Gasteiger partial charge in [-0.25, -0.2) is 4.79 Å². The summed E-state index contributed by atoms with van der Waals surface area (Å²) in [5.41, 5.74) is 2.96. The first-order valence-electron chi connectivity index (χ1n) is 6.07. The summed E-state index contributed by atoms with van der Waals surface area (Å²) < 4.78 is 0. The molecule has 20 heavy (non-hydrogen) atoms. The van der Waals surface area contributed by atoms with Crippen LogP contribution in [0.3, 0.4) is 0 Å². The number of aryl methyl sites for hydroxylation is 1. The zero-order valence-electron chi connectivity index (χ0n) is 11.1. The van der Waals surface area contributed by atoms with Crippen LogP contribution in [0.15, 0.2) is 36.4 Å². The molecule has 5 heteroatoms. The highest BCUT2D eigenvalue weighted by Crippen LogP contribution is 2.26. The van der Waals surface area contributed by atoms with Crippen LogP contribution in [0.2, 0.25) is 10.0 Å². The first-order chi connectivity index (χ1) is 9.49. The number of carbonyl (C=O) groups excluding carboxylic acids is 1. The number of hydrogen-bond acceptors (Lipinski definition) is 1. The second-order valence-corrected chi connectivity index (χ2v) is 5.21. The predicted octanol–water partition coefficient (Wildman–Crippen LogP) is 5.25. The summed E-state index contributed by atoms with van der Waals surface area (Å²) in [5.74, 6) is 0. The molecule has 0 aliphatic heterocycles. The summed E-state index contributed by atoms with van der Waals surface area (Å²) in [7, 11) is 0. The van der Waals surface area contributed by atoms with Crippen LogP contribution < -0.4 is 10.6 Å². The lowest BCUT2D eigenvalue weighted by atomic mass is 10.2. The van der Waals surface area contributed by atoms with Crippen molar-refractivity contribution in [1.82, 2.24) is 0 Å². The Morgan fingerprint density at radius 3 is 2.30 bits per heavy atom. The molecule has 0 atom stereocenters. The molecular weight excluding hydrogens is 295 g/mol. The average Bonchev–Trinajstić information content (AvgIpc) is 2.40. The first kappa shape index (κ1) is 14.7. The van der Waals surface area contributed by atoms with E-state index in [1.807, 2.05) is 26.0 Å². The van der Waals surface area contributed by atoms with Crippen molar-refractivity contribution in [2.24, 2.45) is 0 Å². The van der Waals surface area contributed by atoms with E-state index in [0.29, 0.717) is 21.4 Å². The van der Waals surface area contributed by atoms with Gasteiger partial charge in [-0.3, -0.25) is 0 Å². The van der Waals surface area contributed by atoms with Gasteiger partial charge in [-0.2, -0.15) is 0 Å². The van der Waals surface area contributed by atoms with Gasteiger partial charge in [-0.15, -0.1) is 0 Å². The molecule has 2 aromatic rings. The molecule has 0 fully saturated rings. The van der Waals surface area contributed by atoms with Crippen LogP contribution in [0.4, 0.5) is 16.2 Å². The van der Waals surface area contributed by atoms with Gasteiger partial charge < -0.3 is 10.6 Å². The number of rotatable bonds is 2. The Hall–Kier alpha value is -1.71. The Labute approximate surface area is 127 Å². The van der Waals surface area contributed by atoms with Crippen molar-refractivity contribution in [2.45, 2.75) is 13.8 Å². The lowest BCUT2D eigenvalue weighted by molar-refractivity contribution is 0.262. The van der Waals surface area contributed by atoms with Crippen LogP contribution in [0.1, 0.15) is 11.1 Å². The van der Waals surface area contributed by atoms with Crippen LogP contribution in [-0.4, -0.2) is 6.03 Å². The van der Waals surface area contributed by atoms with E-state index in [4.69, 9.17) is 23.2 Å². The minimum atomic E-state index is -0.358. The van der Waals surface area contributed by atoms with E-state index >= 15 is 0 Å². The third kappa shape index (κ3) is 3.24. The summed E-state index contributed by atoms with van der Waals surface area (Å²) in [6.45, 7) is 3.73. The van der Waals surface area contributed by atoms with E-state index in [2.05, 4.69) is 10.6 Å². The van der Waals surface area contributed by atoms with Gasteiger partial charge in [0.15, 0.2) is 0 Å². The topological polar surface area (TPSA) is 41.1 Å². The van der Waals surface area contributed by atoms with Gasteiger partial charge in [-0.05, 0) is 43.2 Å². The molecule has 0 saturated heterocycles. The fourth-order valence-electron chi connectivity index (χ4n) is 1.76. The fourth-order valence-corrected chi connectivity index (χ4v) is 2.11. The molecule has 0 saturated carbocycles. The molecule has 2 N–H and O–H groups in total. The average molecular weight is 309 g/mol. The predicted molar refractivity (Wildman–Crippen MR) is 85.0 cm³/mol. The Bertz CT molecular complexity index is 601. The van der Waals surface area contributed by atoms with Gasteiger partial charge >= 0.3 is 6.03 Å². The van der Waals surface area contributed by atoms with Crippen molar-refractivity contribution in [1.29, 1.82) is 0 Å². The SMILES string of the molecule is Cc1cccc(NC(=O)Nc2cccc(Cl)c2C)c1Cl. The second-order valence-electron chi connectivity index (χ2n) is 4.43. The third-order valence-electron chi connectivity index (χ3n) is 2.96. The molecule has 3 nitrogen and oxygen atoms in total. The number of benzene rings is 2. The third-order valence-corrected chi connectivity index (χ3v) is 3.87. The maximum Gasteiger partial charge on any atom is 0.323 e. The summed E-state index contributed by atoms with van der Waals surface area (Å²) in [4.78, 5) is 12.0. The number of anilines is 2. The normalized spacial score (nSPS) is 10.2. The van der Waals surface area contributed by atoms with E-state index in [0.717, 1.165) is 11.1 Å². The van der Waals surface area contributed by atoms with Crippen LogP contribution in [-0.2, 0) is 0 Å². The van der Waals surface area contributed by atoms with E-state index in [1.54, 1.807) is 24.3 Å². The molecule has 2 aromatic carbocycles. The summed E-state index contributed by atoms with van der Waals surface area (Å²) in [6.07, 6.45) is 0. The van der Waals surface area contributed by atoms with Crippen LogP contribution in [0.25, 0.3) is 0 Å². The molecule has 0 radical (unpaired) electrons. The summed E-state index contributed by atoms with van der Waals surface area (Å²) in [6, 6.07) is 10.5. The number of carbonyl (C=O) groups is 1. The smallest absolute Gasteiger partial charge is 0.307 e. The zero-order chi connectivity index (χ0) is 14.7. The molecule has 2 amide bonds. The number of hydrogen-bond donors (Lipinski definition) is 2. The first-order valence-corrected chi connectivity index (χ1v) is 6.83. The van der Waals surface area contributed by atoms with Gasteiger partial charge in [-0.1, -0.05) is 41.4 Å². The minimum Gasteiger partial charge on any atom is -0.307 e. The monoisotopic (exact) mass is 308 g/mol. The summed E-state index contributed by atoms with van der Waals surface area (Å²) in [5, 5.41) is 6.61. The largest absolute Gasteiger partial charge is 0.323 e. The quantitative estimate of drug-likeness (QED) is 0.781. The van der Waals surface area contributed by atoms with E-state index in [9.17, 15) is 4.79 Å². The second kappa shape index (κ2) is 6.16. The fraction of sp³-hybridized carbons (Fsp3) is 0.133. The molecule has 2 rings (SSSR count). The highest BCUT2D eigenvalue weighted by atomic mass is 35.5. The number of amides is 2. The molecule has 0 unspecified atom stereocenters. The highest BCUT2D eigenvalue weighted by molar-refractivity contribution is 6.34. The minimum absolute atomic E-state index is 0.358. The lowest BCUT2D eigenvalue weighted by Crippen LogP contribution is -2.20. The van der Waals surface area contributed by atoms with Crippen molar-refractivity contribution in [3.8, 4) is 0 Å². The van der Waals surface area contributed by atoms with Crippen molar-refractivity contribution in [3.63, 3.8) is 0 Å².